The molecular formula is C26H29ClF3NO. The molecule has 0 radical (unpaired) electrons. The highest BCUT2D eigenvalue weighted by Gasteiger charge is 2.38. The molecule has 0 bridgehead atoms. The number of nitrogens with zero attached hydrogens (tertiary/aromatic N) is 1. The van der Waals surface area contributed by atoms with Crippen LogP contribution in [0.4, 0.5) is 13.2 Å². The van der Waals surface area contributed by atoms with Crippen LogP contribution >= 0.6 is 11.6 Å². The predicted octanol–water partition coefficient (Wildman–Crippen LogP) is 7.51. The van der Waals surface area contributed by atoms with Crippen molar-refractivity contribution in [1.82, 2.24) is 4.90 Å². The van der Waals surface area contributed by atoms with Crippen molar-refractivity contribution in [3.8, 4) is 0 Å². The minimum absolute atomic E-state index is 0.0222. The summed E-state index contributed by atoms with van der Waals surface area (Å²) in [6.45, 7) is 7.57. The number of hydrogen-bond donors (Lipinski definition) is 0. The van der Waals surface area contributed by atoms with Crippen molar-refractivity contribution in [1.29, 1.82) is 0 Å². The quantitative estimate of drug-likeness (QED) is 0.439. The summed E-state index contributed by atoms with van der Waals surface area (Å²) in [5.41, 5.74) is 0.919. The highest BCUT2D eigenvalue weighted by molar-refractivity contribution is 6.30. The summed E-state index contributed by atoms with van der Waals surface area (Å²) in [6, 6.07) is 17.6. The average Bonchev–Trinajstić information content (AvgIpc) is 2.71. The van der Waals surface area contributed by atoms with E-state index in [2.05, 4.69) is 12.1 Å². The lowest BCUT2D eigenvalue weighted by Crippen LogP contribution is -2.46. The number of allylic oxidation sites excluding steroid dienone is 2. The Bertz CT molecular complexity index is 946. The summed E-state index contributed by atoms with van der Waals surface area (Å²) in [4.78, 5) is 1.88. The molecule has 0 fully saturated rings. The molecule has 6 heteroatoms. The molecule has 2 nitrogen and oxygen atoms in total. The van der Waals surface area contributed by atoms with Gasteiger partial charge >= 0.3 is 6.18 Å². The van der Waals surface area contributed by atoms with Crippen molar-refractivity contribution >= 4 is 11.6 Å². The summed E-state index contributed by atoms with van der Waals surface area (Å²) < 4.78 is 46.3. The first-order chi connectivity index (χ1) is 14.9. The van der Waals surface area contributed by atoms with Crippen molar-refractivity contribution in [2.45, 2.75) is 64.1 Å². The molecule has 32 heavy (non-hydrogen) atoms. The van der Waals surface area contributed by atoms with Gasteiger partial charge in [-0.2, -0.15) is 13.2 Å². The van der Waals surface area contributed by atoms with Gasteiger partial charge in [0.15, 0.2) is 6.23 Å². The zero-order valence-corrected chi connectivity index (χ0v) is 19.5. The van der Waals surface area contributed by atoms with Crippen molar-refractivity contribution in [2.75, 3.05) is 0 Å². The summed E-state index contributed by atoms with van der Waals surface area (Å²) in [5.74, 6) is 0.0222. The molecule has 0 spiro atoms. The minimum Gasteiger partial charge on any atom is -0.349 e. The van der Waals surface area contributed by atoms with Gasteiger partial charge in [0.1, 0.15) is 0 Å². The molecule has 0 saturated carbocycles. The number of benzene rings is 2. The van der Waals surface area contributed by atoms with E-state index in [0.29, 0.717) is 11.4 Å². The van der Waals surface area contributed by atoms with Crippen LogP contribution in [0.3, 0.4) is 0 Å². The van der Waals surface area contributed by atoms with Gasteiger partial charge in [0, 0.05) is 23.2 Å². The molecule has 3 atom stereocenters. The van der Waals surface area contributed by atoms with E-state index in [9.17, 15) is 13.2 Å². The van der Waals surface area contributed by atoms with E-state index in [4.69, 9.17) is 16.3 Å². The van der Waals surface area contributed by atoms with Crippen LogP contribution in [0, 0.1) is 0 Å². The third kappa shape index (κ3) is 6.39. The van der Waals surface area contributed by atoms with E-state index >= 15 is 0 Å². The van der Waals surface area contributed by atoms with E-state index in [1.165, 1.54) is 12.3 Å². The smallest absolute Gasteiger partial charge is 0.349 e. The molecule has 0 aromatic heterocycles. The van der Waals surface area contributed by atoms with Crippen LogP contribution in [0.1, 0.15) is 44.7 Å². The second kappa shape index (κ2) is 9.72. The Hall–Kier alpha value is -2.24. The second-order valence-corrected chi connectivity index (χ2v) is 9.53. The molecule has 2 aromatic rings. The van der Waals surface area contributed by atoms with Gasteiger partial charge < -0.3 is 9.64 Å². The van der Waals surface area contributed by atoms with Crippen LogP contribution in [0.5, 0.6) is 0 Å². The van der Waals surface area contributed by atoms with Crippen LogP contribution in [-0.4, -0.2) is 28.9 Å². The topological polar surface area (TPSA) is 12.5 Å². The monoisotopic (exact) mass is 463 g/mol. The zero-order valence-electron chi connectivity index (χ0n) is 18.7. The fraction of sp³-hybridized carbons (Fsp3) is 0.385. The Morgan fingerprint density at radius 2 is 1.62 bits per heavy atom. The predicted molar refractivity (Wildman–Crippen MR) is 124 cm³/mol. The molecule has 0 amide bonds. The second-order valence-electron chi connectivity index (χ2n) is 9.09. The SMILES string of the molecule is CC(C(Cc1ccc(Cl)cc1)c1ccccc1)N1C=CC(C(F)(F)F)=CC1OC(C)(C)C. The largest absolute Gasteiger partial charge is 0.416 e. The number of alkyl halides is 3. The van der Waals surface area contributed by atoms with Crippen molar-refractivity contribution in [2.24, 2.45) is 0 Å². The van der Waals surface area contributed by atoms with E-state index < -0.39 is 23.6 Å². The summed E-state index contributed by atoms with van der Waals surface area (Å²) in [5, 5.41) is 0.667. The van der Waals surface area contributed by atoms with Gasteiger partial charge in [-0.3, -0.25) is 0 Å². The number of halogens is 4. The van der Waals surface area contributed by atoms with Gasteiger partial charge in [0.05, 0.1) is 11.2 Å². The van der Waals surface area contributed by atoms with Crippen molar-refractivity contribution < 1.29 is 17.9 Å². The van der Waals surface area contributed by atoms with Crippen LogP contribution in [0.15, 0.2) is 78.5 Å². The lowest BCUT2D eigenvalue weighted by atomic mass is 9.85. The standard InChI is InChI=1S/C26H29ClF3NO/c1-18(31-15-14-21(26(28,29)30)17-24(31)32-25(2,3)4)23(20-8-6-5-7-9-20)16-19-10-12-22(27)13-11-19/h5-15,17-18,23-24H,16H2,1-4H3. The molecule has 0 N–H and O–H groups in total. The van der Waals surface area contributed by atoms with E-state index in [-0.39, 0.29) is 12.0 Å². The first kappa shape index (κ1) is 24.4. The molecular weight excluding hydrogens is 435 g/mol. The number of ether oxygens (including phenoxy) is 1. The van der Waals surface area contributed by atoms with E-state index in [1.54, 1.807) is 0 Å². The summed E-state index contributed by atoms with van der Waals surface area (Å²) >= 11 is 6.05. The van der Waals surface area contributed by atoms with E-state index in [1.807, 2.05) is 75.1 Å². The minimum atomic E-state index is -4.42. The maximum Gasteiger partial charge on any atom is 0.416 e. The summed E-state index contributed by atoms with van der Waals surface area (Å²) in [6.07, 6.45) is -0.724. The molecule has 0 aliphatic carbocycles. The molecule has 1 aliphatic heterocycles. The number of rotatable bonds is 6. The molecule has 3 rings (SSSR count). The molecule has 172 valence electrons. The van der Waals surface area contributed by atoms with Crippen molar-refractivity contribution in [3.05, 3.63) is 94.7 Å². The Kier molecular flexibility index (Phi) is 7.41. The Morgan fingerprint density at radius 3 is 2.19 bits per heavy atom. The van der Waals surface area contributed by atoms with Crippen molar-refractivity contribution in [3.63, 3.8) is 0 Å². The van der Waals surface area contributed by atoms with Crippen LogP contribution in [-0.2, 0) is 11.2 Å². The zero-order chi connectivity index (χ0) is 23.5. The van der Waals surface area contributed by atoms with Crippen LogP contribution in [0.2, 0.25) is 5.02 Å². The van der Waals surface area contributed by atoms with E-state index in [0.717, 1.165) is 17.2 Å². The van der Waals surface area contributed by atoms with Crippen LogP contribution < -0.4 is 0 Å². The third-order valence-electron chi connectivity index (χ3n) is 5.49. The van der Waals surface area contributed by atoms with Gasteiger partial charge in [0.25, 0.3) is 0 Å². The van der Waals surface area contributed by atoms with Crippen LogP contribution in [0.25, 0.3) is 0 Å². The third-order valence-corrected chi connectivity index (χ3v) is 5.74. The maximum absolute atomic E-state index is 13.4. The van der Waals surface area contributed by atoms with Gasteiger partial charge in [0.2, 0.25) is 0 Å². The first-order valence-electron chi connectivity index (χ1n) is 10.7. The molecule has 1 aliphatic rings. The summed E-state index contributed by atoms with van der Waals surface area (Å²) in [7, 11) is 0. The lowest BCUT2D eigenvalue weighted by molar-refractivity contribution is -0.116. The van der Waals surface area contributed by atoms with Gasteiger partial charge in [-0.1, -0.05) is 54.1 Å². The molecule has 3 unspecified atom stereocenters. The highest BCUT2D eigenvalue weighted by Crippen LogP contribution is 2.36. The number of hydrogen-bond acceptors (Lipinski definition) is 2. The maximum atomic E-state index is 13.4. The molecule has 0 saturated heterocycles. The normalized spacial score (nSPS) is 18.9. The van der Waals surface area contributed by atoms with Gasteiger partial charge in [-0.15, -0.1) is 0 Å². The fourth-order valence-electron chi connectivity index (χ4n) is 3.91. The molecule has 2 aromatic carbocycles. The van der Waals surface area contributed by atoms with Gasteiger partial charge in [-0.05, 0) is 69.5 Å². The highest BCUT2D eigenvalue weighted by atomic mass is 35.5. The van der Waals surface area contributed by atoms with Gasteiger partial charge in [-0.25, -0.2) is 0 Å². The lowest BCUT2D eigenvalue weighted by Gasteiger charge is -2.42. The Balaban J connectivity index is 1.96. The fourth-order valence-corrected chi connectivity index (χ4v) is 4.04. The Morgan fingerprint density at radius 1 is 1.00 bits per heavy atom. The Labute approximate surface area is 193 Å². The first-order valence-corrected chi connectivity index (χ1v) is 11.0. The molecule has 1 heterocycles. The average molecular weight is 464 g/mol.